The second-order valence-corrected chi connectivity index (χ2v) is 5.30. The summed E-state index contributed by atoms with van der Waals surface area (Å²) < 4.78 is 10.5. The Bertz CT molecular complexity index is 748. The Labute approximate surface area is 141 Å². The van der Waals surface area contributed by atoms with E-state index in [0.717, 1.165) is 16.8 Å². The van der Waals surface area contributed by atoms with Crippen molar-refractivity contribution in [3.63, 3.8) is 0 Å². The van der Waals surface area contributed by atoms with Gasteiger partial charge in [-0.1, -0.05) is 6.07 Å². The van der Waals surface area contributed by atoms with Crippen molar-refractivity contribution in [3.05, 3.63) is 59.2 Å². The van der Waals surface area contributed by atoms with Crippen molar-refractivity contribution >= 4 is 11.7 Å². The molecule has 0 heterocycles. The van der Waals surface area contributed by atoms with E-state index in [2.05, 4.69) is 11.4 Å². The van der Waals surface area contributed by atoms with Crippen molar-refractivity contribution < 1.29 is 14.3 Å². The number of ether oxygens (including phenoxy) is 2. The molecule has 5 nitrogen and oxygen atoms in total. The molecule has 0 saturated heterocycles. The summed E-state index contributed by atoms with van der Waals surface area (Å²) in [5.41, 5.74) is 3.04. The second kappa shape index (κ2) is 8.02. The van der Waals surface area contributed by atoms with Crippen molar-refractivity contribution in [3.8, 4) is 11.8 Å². The quantitative estimate of drug-likeness (QED) is 0.822. The number of nitriles is 1. The summed E-state index contributed by atoms with van der Waals surface area (Å²) in [6.45, 7) is 4.01. The summed E-state index contributed by atoms with van der Waals surface area (Å²) in [5, 5.41) is 12.0. The van der Waals surface area contributed by atoms with Gasteiger partial charge in [0.05, 0.1) is 25.3 Å². The number of methoxy groups -OCH3 is 1. The van der Waals surface area contributed by atoms with E-state index >= 15 is 0 Å². The van der Waals surface area contributed by atoms with Crippen LogP contribution in [0.15, 0.2) is 42.5 Å². The lowest BCUT2D eigenvalue weighted by Crippen LogP contribution is -2.23. The first kappa shape index (κ1) is 17.4. The predicted molar refractivity (Wildman–Crippen MR) is 91.9 cm³/mol. The van der Waals surface area contributed by atoms with Gasteiger partial charge in [-0.05, 0) is 61.4 Å². The van der Waals surface area contributed by atoms with Gasteiger partial charge >= 0.3 is 5.97 Å². The summed E-state index contributed by atoms with van der Waals surface area (Å²) >= 11 is 0. The van der Waals surface area contributed by atoms with Gasteiger partial charge in [0.1, 0.15) is 5.75 Å². The fraction of sp³-hybridized carbons (Fsp3) is 0.263. The summed E-state index contributed by atoms with van der Waals surface area (Å²) in [7, 11) is 1.59. The third-order valence-corrected chi connectivity index (χ3v) is 3.49. The molecule has 1 N–H and O–H groups in total. The smallest absolute Gasteiger partial charge is 0.333 e. The number of hydrogen-bond acceptors (Lipinski definition) is 5. The Morgan fingerprint density at radius 2 is 1.96 bits per heavy atom. The van der Waals surface area contributed by atoms with Crippen LogP contribution < -0.4 is 10.1 Å². The maximum Gasteiger partial charge on any atom is 0.333 e. The van der Waals surface area contributed by atoms with Crippen molar-refractivity contribution in [2.75, 3.05) is 19.0 Å². The predicted octanol–water partition coefficient (Wildman–Crippen LogP) is 3.59. The van der Waals surface area contributed by atoms with Gasteiger partial charge in [-0.15, -0.1) is 0 Å². The Hall–Kier alpha value is -3.00. The first-order valence-corrected chi connectivity index (χ1v) is 7.66. The molecule has 1 unspecified atom stereocenters. The van der Waals surface area contributed by atoms with Gasteiger partial charge in [-0.25, -0.2) is 4.79 Å². The molecule has 24 heavy (non-hydrogen) atoms. The topological polar surface area (TPSA) is 71.3 Å². The normalized spacial score (nSPS) is 11.2. The second-order valence-electron chi connectivity index (χ2n) is 5.30. The lowest BCUT2D eigenvalue weighted by molar-refractivity contribution is -0.144. The molecule has 124 valence electrons. The molecule has 2 rings (SSSR count). The van der Waals surface area contributed by atoms with Crippen LogP contribution in [0.2, 0.25) is 0 Å². The fourth-order valence-electron chi connectivity index (χ4n) is 2.37. The highest BCUT2D eigenvalue weighted by molar-refractivity contribution is 5.81. The van der Waals surface area contributed by atoms with Gasteiger partial charge < -0.3 is 14.8 Å². The molecule has 0 aliphatic rings. The molecule has 1 atom stereocenters. The number of benzene rings is 2. The van der Waals surface area contributed by atoms with Gasteiger partial charge in [-0.3, -0.25) is 0 Å². The van der Waals surface area contributed by atoms with Crippen LogP contribution >= 0.6 is 0 Å². The van der Waals surface area contributed by atoms with E-state index in [9.17, 15) is 4.79 Å². The van der Waals surface area contributed by atoms with Crippen molar-refractivity contribution in [1.82, 2.24) is 0 Å². The molecule has 5 heteroatoms. The highest BCUT2D eigenvalue weighted by Crippen LogP contribution is 2.26. The molecule has 0 aliphatic carbocycles. The molecule has 2 aromatic carbocycles. The summed E-state index contributed by atoms with van der Waals surface area (Å²) in [6.07, 6.45) is 0. The van der Waals surface area contributed by atoms with E-state index in [-0.39, 0.29) is 5.97 Å². The zero-order valence-corrected chi connectivity index (χ0v) is 14.0. The van der Waals surface area contributed by atoms with Gasteiger partial charge in [0.15, 0.2) is 6.04 Å². The maximum absolute atomic E-state index is 12.4. The zero-order valence-electron chi connectivity index (χ0n) is 14.0. The number of aryl methyl sites for hydroxylation is 1. The highest BCUT2D eigenvalue weighted by Gasteiger charge is 2.23. The molecule has 2 aromatic rings. The number of nitrogens with one attached hydrogen (secondary N) is 1. The van der Waals surface area contributed by atoms with Crippen LogP contribution in [0.25, 0.3) is 0 Å². The van der Waals surface area contributed by atoms with Gasteiger partial charge in [-0.2, -0.15) is 5.26 Å². The summed E-state index contributed by atoms with van der Waals surface area (Å²) in [6, 6.07) is 13.9. The standard InChI is InChI=1S/C19H20N2O3/c1-4-24-19(22)18(15-9-13(2)10-17(11-15)23-3)21-16-7-5-14(12-20)6-8-16/h5-11,18,21H,4H2,1-3H3. The minimum Gasteiger partial charge on any atom is -0.497 e. The average molecular weight is 324 g/mol. The molecule has 0 radical (unpaired) electrons. The van der Waals surface area contributed by atoms with Crippen LogP contribution in [0.4, 0.5) is 5.69 Å². The van der Waals surface area contributed by atoms with E-state index in [1.54, 1.807) is 38.3 Å². The minimum atomic E-state index is -0.660. The number of carbonyl (C=O) groups is 1. The summed E-state index contributed by atoms with van der Waals surface area (Å²) in [5.74, 6) is 0.315. The van der Waals surface area contributed by atoms with Crippen molar-refractivity contribution in [2.45, 2.75) is 19.9 Å². The molecule has 0 aliphatic heterocycles. The molecule has 0 bridgehead atoms. The van der Waals surface area contributed by atoms with Crippen LogP contribution in [0.5, 0.6) is 5.75 Å². The van der Waals surface area contributed by atoms with Gasteiger partial charge in [0, 0.05) is 5.69 Å². The molecule has 0 fully saturated rings. The first-order valence-electron chi connectivity index (χ1n) is 7.66. The Balaban J connectivity index is 2.35. The lowest BCUT2D eigenvalue weighted by Gasteiger charge is -2.20. The maximum atomic E-state index is 12.4. The molecule has 0 aromatic heterocycles. The summed E-state index contributed by atoms with van der Waals surface area (Å²) in [4.78, 5) is 12.4. The van der Waals surface area contributed by atoms with Gasteiger partial charge in [0.25, 0.3) is 0 Å². The minimum absolute atomic E-state index is 0.299. The number of rotatable bonds is 6. The Morgan fingerprint density at radius 1 is 1.25 bits per heavy atom. The Morgan fingerprint density at radius 3 is 2.54 bits per heavy atom. The number of carbonyl (C=O) groups excluding carboxylic acids is 1. The molecule has 0 saturated carbocycles. The van der Waals surface area contributed by atoms with Crippen LogP contribution in [0, 0.1) is 18.3 Å². The Kier molecular flexibility index (Phi) is 5.80. The third kappa shape index (κ3) is 4.26. The van der Waals surface area contributed by atoms with Crippen molar-refractivity contribution in [1.29, 1.82) is 5.26 Å². The zero-order chi connectivity index (χ0) is 17.5. The fourth-order valence-corrected chi connectivity index (χ4v) is 2.37. The van der Waals surface area contributed by atoms with Crippen molar-refractivity contribution in [2.24, 2.45) is 0 Å². The first-order chi connectivity index (χ1) is 11.6. The molecule has 0 amide bonds. The number of hydrogen-bond donors (Lipinski definition) is 1. The third-order valence-electron chi connectivity index (χ3n) is 3.49. The van der Waals surface area contributed by atoms with E-state index in [4.69, 9.17) is 14.7 Å². The number of anilines is 1. The SMILES string of the molecule is CCOC(=O)C(Nc1ccc(C#N)cc1)c1cc(C)cc(OC)c1. The van der Waals surface area contributed by atoms with E-state index in [0.29, 0.717) is 17.9 Å². The van der Waals surface area contributed by atoms with Crippen LogP contribution in [-0.2, 0) is 9.53 Å². The largest absolute Gasteiger partial charge is 0.497 e. The highest BCUT2D eigenvalue weighted by atomic mass is 16.5. The van der Waals surface area contributed by atoms with E-state index in [1.807, 2.05) is 25.1 Å². The molecular weight excluding hydrogens is 304 g/mol. The molecular formula is C19H20N2O3. The molecule has 0 spiro atoms. The van der Waals surface area contributed by atoms with Crippen LogP contribution in [0.1, 0.15) is 29.7 Å². The van der Waals surface area contributed by atoms with E-state index in [1.165, 1.54) is 0 Å². The lowest BCUT2D eigenvalue weighted by atomic mass is 10.0. The average Bonchev–Trinajstić information content (AvgIpc) is 2.59. The van der Waals surface area contributed by atoms with Gasteiger partial charge in [0.2, 0.25) is 0 Å². The van der Waals surface area contributed by atoms with Crippen LogP contribution in [0.3, 0.4) is 0 Å². The monoisotopic (exact) mass is 324 g/mol. The van der Waals surface area contributed by atoms with Crippen LogP contribution in [-0.4, -0.2) is 19.7 Å². The van der Waals surface area contributed by atoms with E-state index < -0.39 is 6.04 Å². The number of esters is 1. The number of nitrogens with zero attached hydrogens (tertiary/aromatic N) is 1.